The summed E-state index contributed by atoms with van der Waals surface area (Å²) in [5.41, 5.74) is 8.23. The van der Waals surface area contributed by atoms with Gasteiger partial charge in [0, 0.05) is 19.8 Å². The predicted octanol–water partition coefficient (Wildman–Crippen LogP) is 6.20. The minimum atomic E-state index is -0.188. The van der Waals surface area contributed by atoms with Gasteiger partial charge in [-0.25, -0.2) is 4.39 Å². The van der Waals surface area contributed by atoms with Crippen LogP contribution in [0.1, 0.15) is 22.3 Å². The van der Waals surface area contributed by atoms with Gasteiger partial charge in [0.15, 0.2) is 0 Å². The molecule has 0 spiro atoms. The Labute approximate surface area is 177 Å². The molecule has 0 heterocycles. The molecule has 5 heteroatoms. The zero-order valence-electron chi connectivity index (χ0n) is 16.9. The fourth-order valence-corrected chi connectivity index (χ4v) is 4.34. The first kappa shape index (κ1) is 22.1. The summed E-state index contributed by atoms with van der Waals surface area (Å²) >= 11 is 0. The lowest BCUT2D eigenvalue weighted by Gasteiger charge is -2.16. The first-order valence-electron chi connectivity index (χ1n) is 9.53. The van der Waals surface area contributed by atoms with Crippen LogP contribution in [0.15, 0.2) is 54.6 Å². The van der Waals surface area contributed by atoms with Gasteiger partial charge in [0.1, 0.15) is 5.82 Å². The summed E-state index contributed by atoms with van der Waals surface area (Å²) in [6, 6.07) is 17.8. The molecular weight excluding hydrogens is 401 g/mol. The van der Waals surface area contributed by atoms with E-state index in [1.807, 2.05) is 36.4 Å². The summed E-state index contributed by atoms with van der Waals surface area (Å²) in [6.45, 7) is 1.11. The average Bonchev–Trinajstić information content (AvgIpc) is 2.74. The summed E-state index contributed by atoms with van der Waals surface area (Å²) < 4.78 is 25.3. The number of rotatable bonds is 8. The molecule has 2 nitrogen and oxygen atoms in total. The number of hydrogen-bond acceptors (Lipinski definition) is 2. The number of halogens is 1. The van der Waals surface area contributed by atoms with E-state index in [4.69, 9.17) is 9.47 Å². The monoisotopic (exact) mass is 428 g/mol. The number of benzene rings is 3. The molecule has 0 fully saturated rings. The molecule has 0 aromatic heterocycles. The van der Waals surface area contributed by atoms with Gasteiger partial charge in [-0.15, -0.1) is 18.5 Å². The van der Waals surface area contributed by atoms with Crippen LogP contribution in [0.4, 0.5) is 4.39 Å². The van der Waals surface area contributed by atoms with Crippen LogP contribution in [-0.4, -0.2) is 14.2 Å². The van der Waals surface area contributed by atoms with Crippen molar-refractivity contribution in [3.8, 4) is 22.3 Å². The Hall–Kier alpha value is -1.63. The van der Waals surface area contributed by atoms with Gasteiger partial charge in [0.05, 0.1) is 13.2 Å². The lowest BCUT2D eigenvalue weighted by molar-refractivity contribution is 0.179. The zero-order valence-corrected chi connectivity index (χ0v) is 19.2. The molecule has 2 unspecified atom stereocenters. The van der Waals surface area contributed by atoms with Crippen molar-refractivity contribution in [3.05, 3.63) is 82.7 Å². The largest absolute Gasteiger partial charge is 0.380 e. The third-order valence-electron chi connectivity index (χ3n) is 5.04. The molecule has 0 aliphatic heterocycles. The smallest absolute Gasteiger partial charge is 0.131 e. The van der Waals surface area contributed by atoms with Crippen molar-refractivity contribution in [2.75, 3.05) is 14.2 Å². The van der Waals surface area contributed by atoms with Crippen molar-refractivity contribution in [3.63, 3.8) is 0 Å². The van der Waals surface area contributed by atoms with Crippen molar-refractivity contribution in [2.24, 2.45) is 0 Å². The molecule has 3 aromatic rings. The van der Waals surface area contributed by atoms with Crippen molar-refractivity contribution < 1.29 is 13.9 Å². The van der Waals surface area contributed by atoms with Crippen LogP contribution in [0, 0.1) is 5.82 Å². The van der Waals surface area contributed by atoms with E-state index in [-0.39, 0.29) is 5.82 Å². The van der Waals surface area contributed by atoms with E-state index in [1.165, 1.54) is 5.56 Å². The Morgan fingerprint density at radius 2 is 1.31 bits per heavy atom. The van der Waals surface area contributed by atoms with Gasteiger partial charge in [0.25, 0.3) is 0 Å². The van der Waals surface area contributed by atoms with Gasteiger partial charge in [-0.3, -0.25) is 0 Å². The molecule has 0 N–H and O–H groups in total. The van der Waals surface area contributed by atoms with Crippen LogP contribution in [0.25, 0.3) is 22.3 Å². The third kappa shape index (κ3) is 5.11. The van der Waals surface area contributed by atoms with Crippen LogP contribution < -0.4 is 0 Å². The van der Waals surface area contributed by atoms with Crippen molar-refractivity contribution in [2.45, 2.75) is 25.5 Å². The molecule has 0 aliphatic carbocycles. The highest BCUT2D eigenvalue weighted by Crippen LogP contribution is 2.31. The Kier molecular flexibility index (Phi) is 7.92. The molecule has 0 saturated carbocycles. The predicted molar refractivity (Wildman–Crippen MR) is 126 cm³/mol. The fourth-order valence-electron chi connectivity index (χ4n) is 3.56. The number of hydrogen-bond donors (Lipinski definition) is 0. The SMILES string of the molecule is COCc1cc(-c2ccc(-c3ccc(CP)cc3F)cc2)cc(COC)c1CP. The van der Waals surface area contributed by atoms with Crippen LogP contribution in [0.3, 0.4) is 0 Å². The molecule has 3 aromatic carbocycles. The second kappa shape index (κ2) is 10.4. The zero-order chi connectivity index (χ0) is 20.8. The maximum absolute atomic E-state index is 14.5. The molecule has 152 valence electrons. The molecule has 0 amide bonds. The standard InChI is InChI=1S/C24H27FO2P2/c1-26-12-20-10-19(11-21(13-27-2)23(20)15-29)17-4-6-18(7-5-17)22-8-3-16(14-28)9-24(22)25/h3-11H,12-15,28-29H2,1-2H3. The Morgan fingerprint density at radius 3 is 1.79 bits per heavy atom. The van der Waals surface area contributed by atoms with Gasteiger partial charge in [-0.2, -0.15) is 0 Å². The number of ether oxygens (including phenoxy) is 2. The van der Waals surface area contributed by atoms with E-state index in [1.54, 1.807) is 20.3 Å². The molecular formula is C24H27FO2P2. The van der Waals surface area contributed by atoms with Crippen molar-refractivity contribution in [1.82, 2.24) is 0 Å². The molecule has 29 heavy (non-hydrogen) atoms. The Bertz CT molecular complexity index is 944. The summed E-state index contributed by atoms with van der Waals surface area (Å²) in [5.74, 6) is -0.188. The van der Waals surface area contributed by atoms with E-state index in [0.717, 1.165) is 45.7 Å². The van der Waals surface area contributed by atoms with E-state index < -0.39 is 0 Å². The minimum absolute atomic E-state index is 0.188. The fraction of sp³-hybridized carbons (Fsp3) is 0.250. The molecule has 0 bridgehead atoms. The average molecular weight is 428 g/mol. The summed E-state index contributed by atoms with van der Waals surface area (Å²) in [6.07, 6.45) is 1.60. The maximum Gasteiger partial charge on any atom is 0.131 e. The second-order valence-electron chi connectivity index (χ2n) is 6.94. The molecule has 0 saturated heterocycles. The molecule has 0 radical (unpaired) electrons. The first-order chi connectivity index (χ1) is 14.1. The molecule has 0 aliphatic rings. The van der Waals surface area contributed by atoms with Crippen molar-refractivity contribution >= 4 is 18.5 Å². The quantitative estimate of drug-likeness (QED) is 0.398. The number of methoxy groups -OCH3 is 2. The van der Waals surface area contributed by atoms with E-state index in [0.29, 0.717) is 18.8 Å². The Morgan fingerprint density at radius 1 is 0.724 bits per heavy atom. The lowest BCUT2D eigenvalue weighted by Crippen LogP contribution is -2.02. The Balaban J connectivity index is 1.99. The first-order valence-corrected chi connectivity index (χ1v) is 11.2. The molecule has 2 atom stereocenters. The summed E-state index contributed by atoms with van der Waals surface area (Å²) in [7, 11) is 8.83. The third-order valence-corrected chi connectivity index (χ3v) is 5.92. The summed E-state index contributed by atoms with van der Waals surface area (Å²) in [4.78, 5) is 0. The van der Waals surface area contributed by atoms with Gasteiger partial charge in [0.2, 0.25) is 0 Å². The van der Waals surface area contributed by atoms with Gasteiger partial charge in [-0.05, 0) is 69.5 Å². The van der Waals surface area contributed by atoms with Crippen LogP contribution in [0.2, 0.25) is 0 Å². The normalized spacial score (nSPS) is 11.1. The van der Waals surface area contributed by atoms with E-state index in [9.17, 15) is 4.39 Å². The van der Waals surface area contributed by atoms with Gasteiger partial charge >= 0.3 is 0 Å². The van der Waals surface area contributed by atoms with Crippen molar-refractivity contribution in [1.29, 1.82) is 0 Å². The summed E-state index contributed by atoms with van der Waals surface area (Å²) in [5, 5.41) is 0. The van der Waals surface area contributed by atoms with Crippen LogP contribution in [0.5, 0.6) is 0 Å². The maximum atomic E-state index is 14.5. The lowest BCUT2D eigenvalue weighted by atomic mass is 9.94. The minimum Gasteiger partial charge on any atom is -0.380 e. The highest BCUT2D eigenvalue weighted by Gasteiger charge is 2.12. The highest BCUT2D eigenvalue weighted by atomic mass is 31.0. The topological polar surface area (TPSA) is 18.5 Å². The van der Waals surface area contributed by atoms with Gasteiger partial charge in [-0.1, -0.05) is 36.4 Å². The van der Waals surface area contributed by atoms with E-state index in [2.05, 4.69) is 30.6 Å². The second-order valence-corrected chi connectivity index (χ2v) is 7.76. The van der Waals surface area contributed by atoms with Crippen LogP contribution >= 0.6 is 18.5 Å². The van der Waals surface area contributed by atoms with Crippen LogP contribution in [-0.2, 0) is 35.0 Å². The van der Waals surface area contributed by atoms with E-state index >= 15 is 0 Å². The van der Waals surface area contributed by atoms with Gasteiger partial charge < -0.3 is 9.47 Å². The molecule has 3 rings (SSSR count). The highest BCUT2D eigenvalue weighted by molar-refractivity contribution is 7.15.